The molecule has 0 aromatic heterocycles. The van der Waals surface area contributed by atoms with Crippen LogP contribution in [-0.4, -0.2) is 11.7 Å². The normalized spacial score (nSPS) is 14.3. The van der Waals surface area contributed by atoms with E-state index in [0.717, 1.165) is 5.57 Å². The highest BCUT2D eigenvalue weighted by molar-refractivity contribution is 5.12. The first-order valence-corrected chi connectivity index (χ1v) is 4.02. The van der Waals surface area contributed by atoms with Crippen molar-refractivity contribution >= 4 is 0 Å². The van der Waals surface area contributed by atoms with Gasteiger partial charge in [-0.25, -0.2) is 0 Å². The number of aliphatic hydroxyl groups is 1. The molecule has 1 heteroatoms. The Hall–Kier alpha value is -0.560. The second-order valence-electron chi connectivity index (χ2n) is 3.30. The van der Waals surface area contributed by atoms with Gasteiger partial charge in [0.1, 0.15) is 0 Å². The first-order valence-electron chi connectivity index (χ1n) is 4.02. The predicted molar refractivity (Wildman–Crippen MR) is 49.4 cm³/mol. The van der Waals surface area contributed by atoms with Gasteiger partial charge in [-0.1, -0.05) is 38.2 Å². The van der Waals surface area contributed by atoms with E-state index in [1.165, 1.54) is 0 Å². The van der Waals surface area contributed by atoms with Gasteiger partial charge in [-0.15, -0.1) is 0 Å². The third kappa shape index (κ3) is 4.79. The van der Waals surface area contributed by atoms with Gasteiger partial charge in [0.15, 0.2) is 0 Å². The van der Waals surface area contributed by atoms with E-state index in [4.69, 9.17) is 5.11 Å². The Kier molecular flexibility index (Phi) is 4.88. The second-order valence-corrected chi connectivity index (χ2v) is 3.30. The lowest BCUT2D eigenvalue weighted by Crippen LogP contribution is -2.09. The van der Waals surface area contributed by atoms with E-state index in [-0.39, 0.29) is 12.5 Å². The van der Waals surface area contributed by atoms with Crippen LogP contribution in [0.2, 0.25) is 0 Å². The van der Waals surface area contributed by atoms with Gasteiger partial charge in [-0.2, -0.15) is 0 Å². The van der Waals surface area contributed by atoms with E-state index in [2.05, 4.69) is 20.4 Å². The van der Waals surface area contributed by atoms with Gasteiger partial charge < -0.3 is 5.11 Å². The zero-order valence-corrected chi connectivity index (χ0v) is 7.67. The minimum absolute atomic E-state index is 0.224. The summed E-state index contributed by atoms with van der Waals surface area (Å²) in [5.41, 5.74) is 1.03. The molecule has 0 aliphatic carbocycles. The van der Waals surface area contributed by atoms with Crippen LogP contribution in [-0.2, 0) is 0 Å². The third-order valence-electron chi connectivity index (χ3n) is 1.70. The maximum absolute atomic E-state index is 8.93. The first kappa shape index (κ1) is 10.4. The van der Waals surface area contributed by atoms with Gasteiger partial charge in [0.25, 0.3) is 0 Å². The van der Waals surface area contributed by atoms with Gasteiger partial charge in [0.05, 0.1) is 0 Å². The SMILES string of the molecule is C=C(C)/C=C/C(CO)C(C)C. The van der Waals surface area contributed by atoms with E-state index >= 15 is 0 Å². The third-order valence-corrected chi connectivity index (χ3v) is 1.70. The molecule has 64 valence electrons. The fraction of sp³-hybridized carbons (Fsp3) is 0.600. The highest BCUT2D eigenvalue weighted by Crippen LogP contribution is 2.11. The van der Waals surface area contributed by atoms with Crippen LogP contribution in [0.5, 0.6) is 0 Å². The molecular formula is C10H18O. The van der Waals surface area contributed by atoms with E-state index in [9.17, 15) is 0 Å². The number of allylic oxidation sites excluding steroid dienone is 2. The van der Waals surface area contributed by atoms with Crippen LogP contribution in [0.1, 0.15) is 20.8 Å². The van der Waals surface area contributed by atoms with Gasteiger partial charge in [-0.3, -0.25) is 0 Å². The summed E-state index contributed by atoms with van der Waals surface area (Å²) in [5, 5.41) is 8.93. The fourth-order valence-electron chi connectivity index (χ4n) is 0.782. The van der Waals surface area contributed by atoms with E-state index in [0.29, 0.717) is 5.92 Å². The summed E-state index contributed by atoms with van der Waals surface area (Å²) in [6.07, 6.45) is 3.98. The molecule has 11 heavy (non-hydrogen) atoms. The molecule has 0 aromatic rings. The summed E-state index contributed by atoms with van der Waals surface area (Å²) in [6, 6.07) is 0. The minimum Gasteiger partial charge on any atom is -0.396 e. The monoisotopic (exact) mass is 154 g/mol. The molecule has 0 spiro atoms. The molecule has 1 atom stereocenters. The Morgan fingerprint density at radius 3 is 2.36 bits per heavy atom. The van der Waals surface area contributed by atoms with Gasteiger partial charge in [0.2, 0.25) is 0 Å². The summed E-state index contributed by atoms with van der Waals surface area (Å²) in [4.78, 5) is 0. The van der Waals surface area contributed by atoms with Crippen molar-refractivity contribution in [2.45, 2.75) is 20.8 Å². The van der Waals surface area contributed by atoms with Crippen molar-refractivity contribution in [2.24, 2.45) is 11.8 Å². The number of aliphatic hydroxyl groups excluding tert-OH is 1. The van der Waals surface area contributed by atoms with Gasteiger partial charge in [-0.05, 0) is 12.8 Å². The second kappa shape index (κ2) is 5.14. The Bertz CT molecular complexity index is 145. The van der Waals surface area contributed by atoms with Gasteiger partial charge >= 0.3 is 0 Å². The summed E-state index contributed by atoms with van der Waals surface area (Å²) in [7, 11) is 0. The Balaban J connectivity index is 3.97. The molecule has 0 aliphatic heterocycles. The lowest BCUT2D eigenvalue weighted by atomic mass is 9.96. The molecule has 1 nitrogen and oxygen atoms in total. The molecule has 0 fully saturated rings. The summed E-state index contributed by atoms with van der Waals surface area (Å²) in [6.45, 7) is 10.1. The van der Waals surface area contributed by atoms with Crippen molar-refractivity contribution in [3.8, 4) is 0 Å². The molecule has 0 amide bonds. The summed E-state index contributed by atoms with van der Waals surface area (Å²) >= 11 is 0. The van der Waals surface area contributed by atoms with Crippen LogP contribution in [0.25, 0.3) is 0 Å². The van der Waals surface area contributed by atoms with Crippen molar-refractivity contribution < 1.29 is 5.11 Å². The highest BCUT2D eigenvalue weighted by Gasteiger charge is 2.06. The maximum Gasteiger partial charge on any atom is 0.0496 e. The summed E-state index contributed by atoms with van der Waals surface area (Å²) < 4.78 is 0. The minimum atomic E-state index is 0.224. The largest absolute Gasteiger partial charge is 0.396 e. The number of hydrogen-bond donors (Lipinski definition) is 1. The van der Waals surface area contributed by atoms with Crippen LogP contribution in [0, 0.1) is 11.8 Å². The van der Waals surface area contributed by atoms with E-state index in [1.807, 2.05) is 19.1 Å². The Morgan fingerprint density at radius 2 is 2.09 bits per heavy atom. The average Bonchev–Trinajstić information content (AvgIpc) is 1.87. The van der Waals surface area contributed by atoms with Crippen molar-refractivity contribution in [1.29, 1.82) is 0 Å². The number of hydrogen-bond acceptors (Lipinski definition) is 1. The topological polar surface area (TPSA) is 20.2 Å². The maximum atomic E-state index is 8.93. The Morgan fingerprint density at radius 1 is 1.55 bits per heavy atom. The lowest BCUT2D eigenvalue weighted by molar-refractivity contribution is 0.221. The van der Waals surface area contributed by atoms with Crippen molar-refractivity contribution in [1.82, 2.24) is 0 Å². The predicted octanol–water partition coefficient (Wildman–Crippen LogP) is 2.38. The van der Waals surface area contributed by atoms with Crippen LogP contribution in [0.15, 0.2) is 24.3 Å². The molecule has 1 unspecified atom stereocenters. The smallest absolute Gasteiger partial charge is 0.0496 e. The molecule has 0 saturated carbocycles. The summed E-state index contributed by atoms with van der Waals surface area (Å²) in [5.74, 6) is 0.766. The standard InChI is InChI=1S/C10H18O/c1-8(2)5-6-10(7-11)9(3)4/h5-6,9-11H,1,7H2,2-4H3/b6-5+. The van der Waals surface area contributed by atoms with E-state index < -0.39 is 0 Å². The molecule has 0 heterocycles. The van der Waals surface area contributed by atoms with Crippen LogP contribution >= 0.6 is 0 Å². The molecule has 0 radical (unpaired) electrons. The Labute approximate surface area is 69.4 Å². The lowest BCUT2D eigenvalue weighted by Gasteiger charge is -2.12. The van der Waals surface area contributed by atoms with Crippen LogP contribution < -0.4 is 0 Å². The fourth-order valence-corrected chi connectivity index (χ4v) is 0.782. The van der Waals surface area contributed by atoms with Crippen molar-refractivity contribution in [2.75, 3.05) is 6.61 Å². The molecule has 0 rings (SSSR count). The van der Waals surface area contributed by atoms with Crippen LogP contribution in [0.3, 0.4) is 0 Å². The molecule has 0 saturated heterocycles. The number of rotatable bonds is 4. The quantitative estimate of drug-likeness (QED) is 0.616. The highest BCUT2D eigenvalue weighted by atomic mass is 16.3. The first-order chi connectivity index (χ1) is 5.07. The van der Waals surface area contributed by atoms with Crippen molar-refractivity contribution in [3.63, 3.8) is 0 Å². The van der Waals surface area contributed by atoms with Crippen molar-refractivity contribution in [3.05, 3.63) is 24.3 Å². The van der Waals surface area contributed by atoms with E-state index in [1.54, 1.807) is 0 Å². The zero-order valence-electron chi connectivity index (χ0n) is 7.67. The molecule has 0 bridgehead atoms. The molecule has 0 aliphatic rings. The molecular weight excluding hydrogens is 136 g/mol. The average molecular weight is 154 g/mol. The van der Waals surface area contributed by atoms with Gasteiger partial charge in [0, 0.05) is 12.5 Å². The molecule has 0 aromatic carbocycles. The zero-order chi connectivity index (χ0) is 8.85. The van der Waals surface area contributed by atoms with Crippen LogP contribution in [0.4, 0.5) is 0 Å². The molecule has 1 N–H and O–H groups in total.